The Kier molecular flexibility index (Phi) is 14.1. The molecule has 6 aliphatic rings. The number of alkyl halides is 2. The Bertz CT molecular complexity index is 2600. The number of fused-ring (bicyclic) bond motifs is 3. The number of hydrogen-bond acceptors (Lipinski definition) is 10. The highest BCUT2D eigenvalue weighted by Gasteiger charge is 2.48. The summed E-state index contributed by atoms with van der Waals surface area (Å²) in [6, 6.07) is -3.77. The first-order valence-electron chi connectivity index (χ1n) is 23.4. The van der Waals surface area contributed by atoms with Crippen LogP contribution in [0.3, 0.4) is 0 Å². The largest absolute Gasteiger partial charge is 0.470 e. The molecule has 0 radical (unpaired) electrons. The van der Waals surface area contributed by atoms with Crippen LogP contribution in [0.5, 0.6) is 0 Å². The molecule has 0 aromatic carbocycles. The molecule has 2 fully saturated rings. The zero-order valence-electron chi connectivity index (χ0n) is 39.9. The first-order chi connectivity index (χ1) is 33.0. The van der Waals surface area contributed by atoms with Crippen LogP contribution in [-0.2, 0) is 23.8 Å². The minimum absolute atomic E-state index is 0.00876. The van der Waals surface area contributed by atoms with Crippen molar-refractivity contribution in [2.45, 2.75) is 116 Å². The number of halogens is 3. The molecule has 4 aliphatic heterocycles. The fourth-order valence-electron chi connectivity index (χ4n) is 9.92. The van der Waals surface area contributed by atoms with E-state index in [1.54, 1.807) is 65.2 Å². The van der Waals surface area contributed by atoms with E-state index in [9.17, 15) is 23.6 Å². The fourth-order valence-corrected chi connectivity index (χ4v) is 9.92. The number of nitrogens with one attached hydrogen (secondary N) is 4. The number of hydrogen-bond donors (Lipinski definition) is 4. The molecule has 2 aromatic heterocycles. The van der Waals surface area contributed by atoms with Gasteiger partial charge in [-0.3, -0.25) is 9.59 Å². The second-order valence-electron chi connectivity index (χ2n) is 18.8. The van der Waals surface area contributed by atoms with Gasteiger partial charge in [-0.1, -0.05) is 64.7 Å². The summed E-state index contributed by atoms with van der Waals surface area (Å²) in [5.74, 6) is -0.704. The summed E-state index contributed by atoms with van der Waals surface area (Å²) in [4.78, 5) is 72.0. The number of allylic oxidation sites excluding steroid dienone is 8. The molecule has 0 saturated carbocycles. The lowest BCUT2D eigenvalue weighted by Gasteiger charge is -2.42. The molecule has 0 spiro atoms. The lowest BCUT2D eigenvalue weighted by Crippen LogP contribution is -2.51. The van der Waals surface area contributed by atoms with Crippen LogP contribution in [0.1, 0.15) is 102 Å². The van der Waals surface area contributed by atoms with Crippen molar-refractivity contribution >= 4 is 35.1 Å². The van der Waals surface area contributed by atoms with E-state index in [-0.39, 0.29) is 37.8 Å². The summed E-state index contributed by atoms with van der Waals surface area (Å²) in [5.41, 5.74) is 4.45. The van der Waals surface area contributed by atoms with Gasteiger partial charge >= 0.3 is 12.2 Å². The number of aromatic nitrogens is 4. The second kappa shape index (κ2) is 20.0. The van der Waals surface area contributed by atoms with Crippen LogP contribution in [0, 0.1) is 11.8 Å². The molecule has 69 heavy (non-hydrogen) atoms. The minimum atomic E-state index is -1.31. The van der Waals surface area contributed by atoms with E-state index in [2.05, 4.69) is 49.3 Å². The highest BCUT2D eigenvalue weighted by atomic mass is 19.1. The van der Waals surface area contributed by atoms with Gasteiger partial charge in [-0.2, -0.15) is 0 Å². The van der Waals surface area contributed by atoms with Crippen LogP contribution < -0.4 is 10.6 Å². The van der Waals surface area contributed by atoms with Crippen molar-refractivity contribution in [3.63, 3.8) is 0 Å². The second-order valence-corrected chi connectivity index (χ2v) is 18.8. The van der Waals surface area contributed by atoms with E-state index in [0.717, 1.165) is 18.4 Å². The molecule has 368 valence electrons. The topological polar surface area (TPSA) is 187 Å². The van der Waals surface area contributed by atoms with Gasteiger partial charge in [0.25, 0.3) is 0 Å². The van der Waals surface area contributed by atoms with Gasteiger partial charge < -0.3 is 49.5 Å². The van der Waals surface area contributed by atoms with Crippen molar-refractivity contribution < 1.29 is 46.6 Å². The number of ether oxygens (including phenoxy) is 3. The number of methoxy groups -OCH3 is 2. The SMILES string of the molecule is C=C(/C=C\C1=C(C)OC(C2=CCCC=C2)N2C1=C(F)C1=CC(c3cnc([C@@H]4C[C@@H](F)CN4C(=O)[C@@H](NC(=O)OC)C(C)C)[nH]3)=CCC12)c1cnc([C@@H]2C[C@@H](F)CN2C(=O)[C@@H](NC(=O)OC)C(C)C)[nH]1. The van der Waals surface area contributed by atoms with Gasteiger partial charge in [0.15, 0.2) is 12.1 Å². The zero-order valence-corrected chi connectivity index (χ0v) is 39.9. The molecule has 2 unspecified atom stereocenters. The molecule has 0 bridgehead atoms. The molecule has 4 amide bonds. The Balaban J connectivity index is 1.05. The number of imidazole rings is 2. The quantitative estimate of drug-likeness (QED) is 0.144. The molecule has 19 heteroatoms. The molecule has 8 atom stereocenters. The van der Waals surface area contributed by atoms with Gasteiger partial charge in [0.2, 0.25) is 11.8 Å². The first-order valence-corrected chi connectivity index (χ1v) is 23.4. The molecule has 2 saturated heterocycles. The maximum atomic E-state index is 17.4. The highest BCUT2D eigenvalue weighted by Crippen LogP contribution is 2.50. The van der Waals surface area contributed by atoms with E-state index in [1.807, 2.05) is 17.1 Å². The predicted octanol–water partition coefficient (Wildman–Crippen LogP) is 7.87. The van der Waals surface area contributed by atoms with Crippen molar-refractivity contribution in [3.05, 3.63) is 119 Å². The number of aromatic amines is 2. The average Bonchev–Trinajstić information content (AvgIpc) is 4.20. The minimum Gasteiger partial charge on any atom is -0.470 e. The van der Waals surface area contributed by atoms with Crippen LogP contribution in [0.4, 0.5) is 22.8 Å². The third-order valence-corrected chi connectivity index (χ3v) is 13.6. The summed E-state index contributed by atoms with van der Waals surface area (Å²) >= 11 is 0. The summed E-state index contributed by atoms with van der Waals surface area (Å²) in [7, 11) is 2.41. The summed E-state index contributed by atoms with van der Waals surface area (Å²) < 4.78 is 63.6. The smallest absolute Gasteiger partial charge is 0.407 e. The van der Waals surface area contributed by atoms with E-state index in [4.69, 9.17) is 14.2 Å². The van der Waals surface area contributed by atoms with Crippen molar-refractivity contribution in [3.8, 4) is 0 Å². The molecule has 2 aromatic rings. The summed E-state index contributed by atoms with van der Waals surface area (Å²) in [6.07, 6.45) is 14.0. The summed E-state index contributed by atoms with van der Waals surface area (Å²) in [5, 5.41) is 5.15. The Labute approximate surface area is 399 Å². The average molecular weight is 956 g/mol. The van der Waals surface area contributed by atoms with Gasteiger partial charge in [-0.05, 0) is 61.3 Å². The van der Waals surface area contributed by atoms with Gasteiger partial charge in [0.1, 0.15) is 41.8 Å². The number of amides is 4. The lowest BCUT2D eigenvalue weighted by molar-refractivity contribution is -0.136. The van der Waals surface area contributed by atoms with Crippen LogP contribution in [0.25, 0.3) is 11.1 Å². The summed E-state index contributed by atoms with van der Waals surface area (Å²) in [6.45, 7) is 12.8. The van der Waals surface area contributed by atoms with E-state index in [0.29, 0.717) is 63.2 Å². The van der Waals surface area contributed by atoms with Crippen LogP contribution >= 0.6 is 0 Å². The molecular weight excluding hydrogens is 896 g/mol. The van der Waals surface area contributed by atoms with Gasteiger partial charge in [-0.25, -0.2) is 32.7 Å². The van der Waals surface area contributed by atoms with E-state index >= 15 is 8.78 Å². The predicted molar refractivity (Wildman–Crippen MR) is 250 cm³/mol. The van der Waals surface area contributed by atoms with Gasteiger partial charge in [0, 0.05) is 29.6 Å². The van der Waals surface area contributed by atoms with Crippen molar-refractivity contribution in [2.24, 2.45) is 11.8 Å². The molecule has 16 nitrogen and oxygen atoms in total. The third kappa shape index (κ3) is 9.64. The van der Waals surface area contributed by atoms with Gasteiger partial charge in [-0.15, -0.1) is 0 Å². The molecule has 2 aliphatic carbocycles. The Morgan fingerprint density at radius 1 is 0.870 bits per heavy atom. The maximum Gasteiger partial charge on any atom is 0.407 e. The Morgan fingerprint density at radius 2 is 1.46 bits per heavy atom. The number of rotatable bonds is 13. The number of alkyl carbamates (subject to hydrolysis) is 2. The van der Waals surface area contributed by atoms with Crippen molar-refractivity contribution in [2.75, 3.05) is 27.3 Å². The standard InChI is InChI=1S/C50H60F3N9O7/c1-25(2)41(58-49(65)67-7)46(63)60-23-31(51)19-38(60)44-54-21-35(56-44)27(5)14-16-33-28(6)69-48(29-12-10-9-11-13-29)62-37-17-15-30(18-34(37)40(53)43(33)62)36-22-55-45(57-36)39-20-32(52)24-61(39)47(64)42(26(3)4)59-50(66)68-8/h10,12-16,18,21-22,25-26,31-32,37-39,41-42,48H,5,9,11,17,19-20,23-24H2,1-4,6-8H3,(H,54,56)(H,55,57)(H,58,65)(H,59,66)/b16-14-/t31-,32-,37?,38+,39+,41+,42+,48?/m1/s1. The normalized spacial score (nSPS) is 25.3. The third-order valence-electron chi connectivity index (χ3n) is 13.6. The Hall–Kier alpha value is -6.79. The maximum absolute atomic E-state index is 17.4. The molecule has 6 heterocycles. The fraction of sp³-hybridized carbons (Fsp3) is 0.480. The van der Waals surface area contributed by atoms with E-state index in [1.165, 1.54) is 24.0 Å². The van der Waals surface area contributed by atoms with E-state index < -0.39 is 78.6 Å². The Morgan fingerprint density at radius 3 is 2.03 bits per heavy atom. The number of carbonyl (C=O) groups excluding carboxylic acids is 4. The van der Waals surface area contributed by atoms with Crippen molar-refractivity contribution in [1.29, 1.82) is 0 Å². The van der Waals surface area contributed by atoms with Crippen molar-refractivity contribution in [1.82, 2.24) is 45.3 Å². The monoisotopic (exact) mass is 955 g/mol. The molecule has 4 N–H and O–H groups in total. The van der Waals surface area contributed by atoms with Crippen LogP contribution in [0.2, 0.25) is 0 Å². The molecule has 8 rings (SSSR count). The van der Waals surface area contributed by atoms with Crippen LogP contribution in [-0.4, -0.2) is 123 Å². The number of H-pyrrole nitrogens is 2. The zero-order chi connectivity index (χ0) is 49.4. The number of carbonyl (C=O) groups is 4. The lowest BCUT2D eigenvalue weighted by atomic mass is 9.93. The van der Waals surface area contributed by atoms with Crippen LogP contribution in [0.15, 0.2) is 95.5 Å². The first kappa shape index (κ1) is 48.7. The van der Waals surface area contributed by atoms with Gasteiger partial charge in [0.05, 0.1) is 74.9 Å². The highest BCUT2D eigenvalue weighted by molar-refractivity contribution is 5.87. The molecular formula is C50H60F3N9O7. The number of likely N-dealkylation sites (tertiary alicyclic amines) is 2. The number of nitrogens with zero attached hydrogens (tertiary/aromatic N) is 5.